The lowest BCUT2D eigenvalue weighted by atomic mass is 10.3. The van der Waals surface area contributed by atoms with Crippen LogP contribution in [0.25, 0.3) is 0 Å². The second kappa shape index (κ2) is 8.22. The van der Waals surface area contributed by atoms with Gasteiger partial charge in [-0.05, 0) is 38.7 Å². The van der Waals surface area contributed by atoms with Gasteiger partial charge in [-0.1, -0.05) is 12.1 Å². The van der Waals surface area contributed by atoms with Gasteiger partial charge in [0, 0.05) is 19.6 Å². The molecule has 2 rings (SSSR count). The van der Waals surface area contributed by atoms with Gasteiger partial charge in [-0.25, -0.2) is 0 Å². The molecular weight excluding hydrogens is 268 g/mol. The number of methoxy groups -OCH3 is 1. The highest BCUT2D eigenvalue weighted by Crippen LogP contribution is 2.25. The highest BCUT2D eigenvalue weighted by atomic mass is 16.5. The molecule has 0 saturated carbocycles. The van der Waals surface area contributed by atoms with Crippen molar-refractivity contribution in [1.82, 2.24) is 9.80 Å². The van der Waals surface area contributed by atoms with E-state index in [2.05, 4.69) is 16.8 Å². The summed E-state index contributed by atoms with van der Waals surface area (Å²) in [7, 11) is 3.76. The van der Waals surface area contributed by atoms with Crippen LogP contribution in [0.15, 0.2) is 24.3 Å². The van der Waals surface area contributed by atoms with Crippen molar-refractivity contribution in [2.45, 2.75) is 12.5 Å². The van der Waals surface area contributed by atoms with E-state index in [1.54, 1.807) is 7.11 Å². The van der Waals surface area contributed by atoms with Crippen LogP contribution in [-0.4, -0.2) is 74.5 Å². The Kier molecular flexibility index (Phi) is 6.29. The third-order valence-electron chi connectivity index (χ3n) is 3.78. The molecule has 0 unspecified atom stereocenters. The number of nitrogens with zero attached hydrogens (tertiary/aromatic N) is 2. The summed E-state index contributed by atoms with van der Waals surface area (Å²) < 4.78 is 10.9. The van der Waals surface area contributed by atoms with E-state index in [0.717, 1.165) is 32.6 Å². The third-order valence-corrected chi connectivity index (χ3v) is 3.78. The standard InChI is InChI=1S/C16H26N2O3/c1-17-8-5-9-18(11-10-17)12-14(19)13-21-16-7-4-3-6-15(16)20-2/h3-4,6-7,14,19H,5,8-13H2,1-2H3/t14-/m1/s1. The number of aliphatic hydroxyl groups excluding tert-OH is 1. The second-order valence-electron chi connectivity index (χ2n) is 5.57. The number of ether oxygens (including phenoxy) is 2. The van der Waals surface area contributed by atoms with Gasteiger partial charge in [-0.2, -0.15) is 0 Å². The molecule has 21 heavy (non-hydrogen) atoms. The van der Waals surface area contributed by atoms with Gasteiger partial charge in [-0.15, -0.1) is 0 Å². The summed E-state index contributed by atoms with van der Waals surface area (Å²) in [6.45, 7) is 5.17. The first-order valence-corrected chi connectivity index (χ1v) is 7.54. The number of rotatable bonds is 6. The van der Waals surface area contributed by atoms with Crippen LogP contribution >= 0.6 is 0 Å². The zero-order valence-corrected chi connectivity index (χ0v) is 13.0. The average molecular weight is 294 g/mol. The zero-order valence-electron chi connectivity index (χ0n) is 13.0. The molecule has 0 bridgehead atoms. The van der Waals surface area contributed by atoms with Crippen molar-refractivity contribution in [2.24, 2.45) is 0 Å². The monoisotopic (exact) mass is 294 g/mol. The number of β-amino-alcohol motifs (C(OH)–C–C–N with tert-alkyl or cyclic N) is 1. The molecular formula is C16H26N2O3. The van der Waals surface area contributed by atoms with Crippen LogP contribution in [0.5, 0.6) is 11.5 Å². The minimum atomic E-state index is -0.488. The van der Waals surface area contributed by atoms with Gasteiger partial charge >= 0.3 is 0 Å². The van der Waals surface area contributed by atoms with Crippen molar-refractivity contribution in [3.05, 3.63) is 24.3 Å². The smallest absolute Gasteiger partial charge is 0.161 e. The van der Waals surface area contributed by atoms with Crippen LogP contribution in [0.3, 0.4) is 0 Å². The molecule has 0 radical (unpaired) electrons. The largest absolute Gasteiger partial charge is 0.493 e. The molecule has 5 heteroatoms. The minimum Gasteiger partial charge on any atom is -0.493 e. The first-order valence-electron chi connectivity index (χ1n) is 7.54. The minimum absolute atomic E-state index is 0.284. The first-order chi connectivity index (χ1) is 10.2. The number of para-hydroxylation sites is 2. The third kappa shape index (κ3) is 5.19. The fourth-order valence-corrected chi connectivity index (χ4v) is 2.56. The first kappa shape index (κ1) is 16.1. The maximum atomic E-state index is 10.2. The summed E-state index contributed by atoms with van der Waals surface area (Å²) in [4.78, 5) is 4.64. The van der Waals surface area contributed by atoms with Gasteiger partial charge in [0.15, 0.2) is 11.5 Å². The Morgan fingerprint density at radius 1 is 1.14 bits per heavy atom. The Morgan fingerprint density at radius 3 is 2.67 bits per heavy atom. The lowest BCUT2D eigenvalue weighted by Crippen LogP contribution is -2.37. The Labute approximate surface area is 127 Å². The Morgan fingerprint density at radius 2 is 1.90 bits per heavy atom. The summed E-state index contributed by atoms with van der Waals surface area (Å²) in [5.41, 5.74) is 0. The molecule has 1 aromatic rings. The predicted molar refractivity (Wildman–Crippen MR) is 83.0 cm³/mol. The van der Waals surface area contributed by atoms with Crippen LogP contribution in [0.1, 0.15) is 6.42 Å². The lowest BCUT2D eigenvalue weighted by molar-refractivity contribution is 0.0686. The Balaban J connectivity index is 1.77. The van der Waals surface area contributed by atoms with E-state index < -0.39 is 6.10 Å². The van der Waals surface area contributed by atoms with Gasteiger partial charge in [0.2, 0.25) is 0 Å². The van der Waals surface area contributed by atoms with Crippen molar-refractivity contribution in [2.75, 3.05) is 53.5 Å². The molecule has 1 fully saturated rings. The zero-order chi connectivity index (χ0) is 15.1. The van der Waals surface area contributed by atoms with Gasteiger partial charge in [0.1, 0.15) is 12.7 Å². The van der Waals surface area contributed by atoms with E-state index in [4.69, 9.17) is 9.47 Å². The van der Waals surface area contributed by atoms with Crippen LogP contribution in [-0.2, 0) is 0 Å². The second-order valence-corrected chi connectivity index (χ2v) is 5.57. The molecule has 5 nitrogen and oxygen atoms in total. The van der Waals surface area contributed by atoms with Crippen LogP contribution in [0, 0.1) is 0 Å². The van der Waals surface area contributed by atoms with Crippen molar-refractivity contribution in [3.63, 3.8) is 0 Å². The normalized spacial score (nSPS) is 19.0. The van der Waals surface area contributed by atoms with E-state index in [9.17, 15) is 5.11 Å². The number of hydrogen-bond acceptors (Lipinski definition) is 5. The Bertz CT molecular complexity index is 428. The molecule has 1 aliphatic rings. The van der Waals surface area contributed by atoms with Crippen molar-refractivity contribution in [3.8, 4) is 11.5 Å². The summed E-state index contributed by atoms with van der Waals surface area (Å²) in [6, 6.07) is 7.50. The molecule has 1 aliphatic heterocycles. The van der Waals surface area contributed by atoms with Crippen molar-refractivity contribution < 1.29 is 14.6 Å². The molecule has 0 aliphatic carbocycles. The predicted octanol–water partition coefficient (Wildman–Crippen LogP) is 1.07. The molecule has 118 valence electrons. The maximum Gasteiger partial charge on any atom is 0.161 e. The van der Waals surface area contributed by atoms with E-state index >= 15 is 0 Å². The molecule has 0 spiro atoms. The number of likely N-dealkylation sites (N-methyl/N-ethyl adjacent to an activating group) is 1. The molecule has 1 heterocycles. The molecule has 1 N–H and O–H groups in total. The highest BCUT2D eigenvalue weighted by molar-refractivity contribution is 5.39. The van der Waals surface area contributed by atoms with E-state index in [1.807, 2.05) is 24.3 Å². The number of aliphatic hydroxyl groups is 1. The fraction of sp³-hybridized carbons (Fsp3) is 0.625. The van der Waals surface area contributed by atoms with Crippen LogP contribution in [0.4, 0.5) is 0 Å². The summed E-state index contributed by atoms with van der Waals surface area (Å²) in [5.74, 6) is 1.37. The molecule has 0 aromatic heterocycles. The van der Waals surface area contributed by atoms with E-state index in [-0.39, 0.29) is 6.61 Å². The van der Waals surface area contributed by atoms with Crippen LogP contribution in [0.2, 0.25) is 0 Å². The quantitative estimate of drug-likeness (QED) is 0.850. The number of hydrogen-bond donors (Lipinski definition) is 1. The van der Waals surface area contributed by atoms with Crippen molar-refractivity contribution in [1.29, 1.82) is 0 Å². The fourth-order valence-electron chi connectivity index (χ4n) is 2.56. The summed E-state index contributed by atoms with van der Waals surface area (Å²) in [6.07, 6.45) is 0.662. The highest BCUT2D eigenvalue weighted by Gasteiger charge is 2.16. The lowest BCUT2D eigenvalue weighted by Gasteiger charge is -2.23. The number of benzene rings is 1. The molecule has 0 amide bonds. The van der Waals surface area contributed by atoms with Crippen molar-refractivity contribution >= 4 is 0 Å². The van der Waals surface area contributed by atoms with Gasteiger partial charge < -0.3 is 19.5 Å². The van der Waals surface area contributed by atoms with E-state index in [0.29, 0.717) is 18.0 Å². The SMILES string of the molecule is COc1ccccc1OC[C@H](O)CN1CCCN(C)CC1. The maximum absolute atomic E-state index is 10.2. The van der Waals surface area contributed by atoms with Gasteiger partial charge in [0.25, 0.3) is 0 Å². The molecule has 1 atom stereocenters. The summed E-state index contributed by atoms with van der Waals surface area (Å²) in [5, 5.41) is 10.2. The summed E-state index contributed by atoms with van der Waals surface area (Å²) >= 11 is 0. The van der Waals surface area contributed by atoms with E-state index in [1.165, 1.54) is 0 Å². The molecule has 1 aromatic carbocycles. The van der Waals surface area contributed by atoms with Crippen LogP contribution < -0.4 is 9.47 Å². The Hall–Kier alpha value is -1.30. The average Bonchev–Trinajstić information content (AvgIpc) is 2.70. The van der Waals surface area contributed by atoms with Gasteiger partial charge in [-0.3, -0.25) is 4.90 Å². The topological polar surface area (TPSA) is 45.2 Å². The molecule has 1 saturated heterocycles. The van der Waals surface area contributed by atoms with Gasteiger partial charge in [0.05, 0.1) is 7.11 Å².